The normalized spacial score (nSPS) is 12.8. The summed E-state index contributed by atoms with van der Waals surface area (Å²) in [6.45, 7) is 2.18. The fourth-order valence-corrected chi connectivity index (χ4v) is 2.01. The summed E-state index contributed by atoms with van der Waals surface area (Å²) in [5.74, 6) is 5.54. The van der Waals surface area contributed by atoms with Gasteiger partial charge in [-0.2, -0.15) is 0 Å². The van der Waals surface area contributed by atoms with Crippen LogP contribution in [0.4, 0.5) is 0 Å². The number of rotatable bonds is 5. The van der Waals surface area contributed by atoms with Gasteiger partial charge in [-0.3, -0.25) is 11.3 Å². The second-order valence-electron chi connectivity index (χ2n) is 3.54. The highest BCUT2D eigenvalue weighted by Gasteiger charge is 2.10. The Morgan fingerprint density at radius 3 is 2.80 bits per heavy atom. The lowest BCUT2D eigenvalue weighted by Crippen LogP contribution is -2.27. The van der Waals surface area contributed by atoms with E-state index in [-0.39, 0.29) is 6.04 Å². The summed E-state index contributed by atoms with van der Waals surface area (Å²) in [6.07, 6.45) is 3.39. The maximum Gasteiger partial charge on any atom is 0.0542 e. The van der Waals surface area contributed by atoms with Crippen LogP contribution in [0.15, 0.2) is 18.2 Å². The molecule has 3 N–H and O–H groups in total. The third-order valence-electron chi connectivity index (χ3n) is 2.39. The Morgan fingerprint density at radius 2 is 2.27 bits per heavy atom. The van der Waals surface area contributed by atoms with Crippen LogP contribution in [-0.4, -0.2) is 0 Å². The van der Waals surface area contributed by atoms with E-state index in [1.807, 2.05) is 12.1 Å². The van der Waals surface area contributed by atoms with Crippen molar-refractivity contribution in [2.24, 2.45) is 5.84 Å². The van der Waals surface area contributed by atoms with Crippen molar-refractivity contribution in [3.8, 4) is 0 Å². The Kier molecular flexibility index (Phi) is 5.89. The number of hydrazine groups is 1. The zero-order chi connectivity index (χ0) is 11.3. The highest BCUT2D eigenvalue weighted by atomic mass is 127. The van der Waals surface area contributed by atoms with Gasteiger partial charge in [0.25, 0.3) is 0 Å². The van der Waals surface area contributed by atoms with Crippen molar-refractivity contribution >= 4 is 34.2 Å². The number of benzene rings is 1. The fraction of sp³-hybridized carbons (Fsp3) is 0.455. The van der Waals surface area contributed by atoms with E-state index in [0.717, 1.165) is 20.6 Å². The first-order chi connectivity index (χ1) is 7.19. The molecule has 1 aromatic rings. The van der Waals surface area contributed by atoms with Crippen molar-refractivity contribution in [3.63, 3.8) is 0 Å². The lowest BCUT2D eigenvalue weighted by atomic mass is 10.0. The predicted molar refractivity (Wildman–Crippen MR) is 73.8 cm³/mol. The molecule has 0 heterocycles. The highest BCUT2D eigenvalue weighted by Crippen LogP contribution is 2.25. The zero-order valence-corrected chi connectivity index (χ0v) is 11.7. The van der Waals surface area contributed by atoms with Gasteiger partial charge in [-0.15, -0.1) is 0 Å². The van der Waals surface area contributed by atoms with E-state index < -0.39 is 0 Å². The SMILES string of the molecule is CCCCC(NN)c1ccc(I)c(Cl)c1. The zero-order valence-electron chi connectivity index (χ0n) is 8.76. The maximum atomic E-state index is 6.07. The topological polar surface area (TPSA) is 38.0 Å². The first kappa shape index (κ1) is 13.2. The van der Waals surface area contributed by atoms with Gasteiger partial charge in [-0.25, -0.2) is 0 Å². The quantitative estimate of drug-likeness (QED) is 0.489. The van der Waals surface area contributed by atoms with Gasteiger partial charge in [0.2, 0.25) is 0 Å². The minimum absolute atomic E-state index is 0.208. The Morgan fingerprint density at radius 1 is 1.53 bits per heavy atom. The molecule has 0 bridgehead atoms. The summed E-state index contributed by atoms with van der Waals surface area (Å²) >= 11 is 8.29. The van der Waals surface area contributed by atoms with Crippen LogP contribution in [0.1, 0.15) is 37.8 Å². The molecule has 0 amide bonds. The van der Waals surface area contributed by atoms with Gasteiger partial charge in [0.1, 0.15) is 0 Å². The molecule has 1 aromatic carbocycles. The Hall–Kier alpha value is 0.160. The largest absolute Gasteiger partial charge is 0.271 e. The van der Waals surface area contributed by atoms with Crippen molar-refractivity contribution in [3.05, 3.63) is 32.4 Å². The molecule has 0 saturated carbocycles. The molecule has 0 aliphatic rings. The first-order valence-electron chi connectivity index (χ1n) is 5.10. The molecule has 84 valence electrons. The molecule has 1 unspecified atom stereocenters. The minimum atomic E-state index is 0.208. The molecule has 0 aliphatic heterocycles. The number of unbranched alkanes of at least 4 members (excludes halogenated alkanes) is 1. The summed E-state index contributed by atoms with van der Waals surface area (Å²) in [5.41, 5.74) is 4.00. The summed E-state index contributed by atoms with van der Waals surface area (Å²) in [7, 11) is 0. The van der Waals surface area contributed by atoms with Gasteiger partial charge in [-0.05, 0) is 46.7 Å². The van der Waals surface area contributed by atoms with E-state index in [9.17, 15) is 0 Å². The van der Waals surface area contributed by atoms with Gasteiger partial charge in [0.05, 0.1) is 5.02 Å². The second-order valence-corrected chi connectivity index (χ2v) is 5.10. The average molecular weight is 339 g/mol. The lowest BCUT2D eigenvalue weighted by Gasteiger charge is -2.16. The van der Waals surface area contributed by atoms with Gasteiger partial charge in [0, 0.05) is 9.61 Å². The van der Waals surface area contributed by atoms with Crippen LogP contribution in [0.2, 0.25) is 5.02 Å². The first-order valence-corrected chi connectivity index (χ1v) is 6.55. The van der Waals surface area contributed by atoms with Crippen LogP contribution in [-0.2, 0) is 0 Å². The standard InChI is InChI=1S/C11H16ClIN2/c1-2-3-4-11(15-14)8-5-6-10(13)9(12)7-8/h5-7,11,15H,2-4,14H2,1H3. The van der Waals surface area contributed by atoms with Crippen LogP contribution in [0, 0.1) is 3.57 Å². The molecule has 4 heteroatoms. The molecule has 0 spiro atoms. The van der Waals surface area contributed by atoms with E-state index in [0.29, 0.717) is 0 Å². The molecule has 15 heavy (non-hydrogen) atoms. The minimum Gasteiger partial charge on any atom is -0.271 e. The van der Waals surface area contributed by atoms with Crippen molar-refractivity contribution in [1.29, 1.82) is 0 Å². The molecule has 0 fully saturated rings. The predicted octanol–water partition coefficient (Wildman–Crippen LogP) is 3.64. The number of hydrogen-bond acceptors (Lipinski definition) is 2. The maximum absolute atomic E-state index is 6.07. The van der Waals surface area contributed by atoms with Crippen molar-refractivity contribution in [2.45, 2.75) is 32.2 Å². The van der Waals surface area contributed by atoms with Gasteiger partial charge >= 0.3 is 0 Å². The van der Waals surface area contributed by atoms with Crippen LogP contribution in [0.25, 0.3) is 0 Å². The van der Waals surface area contributed by atoms with Crippen LogP contribution < -0.4 is 11.3 Å². The summed E-state index contributed by atoms with van der Waals surface area (Å²) < 4.78 is 1.07. The Balaban J connectivity index is 2.78. The van der Waals surface area contributed by atoms with Crippen molar-refractivity contribution in [1.82, 2.24) is 5.43 Å². The monoisotopic (exact) mass is 338 g/mol. The van der Waals surface area contributed by atoms with E-state index in [4.69, 9.17) is 17.4 Å². The van der Waals surface area contributed by atoms with Crippen LogP contribution in [0.3, 0.4) is 0 Å². The van der Waals surface area contributed by atoms with Crippen LogP contribution >= 0.6 is 34.2 Å². The molecule has 0 aromatic heterocycles. The molecule has 2 nitrogen and oxygen atoms in total. The second kappa shape index (κ2) is 6.68. The molecular weight excluding hydrogens is 322 g/mol. The third-order valence-corrected chi connectivity index (χ3v) is 3.97. The fourth-order valence-electron chi connectivity index (χ4n) is 1.48. The molecule has 0 saturated heterocycles. The van der Waals surface area contributed by atoms with Crippen LogP contribution in [0.5, 0.6) is 0 Å². The highest BCUT2D eigenvalue weighted by molar-refractivity contribution is 14.1. The molecule has 1 atom stereocenters. The Bertz CT molecular complexity index is 317. The van der Waals surface area contributed by atoms with Gasteiger partial charge in [-0.1, -0.05) is 37.4 Å². The smallest absolute Gasteiger partial charge is 0.0542 e. The van der Waals surface area contributed by atoms with E-state index in [1.165, 1.54) is 12.8 Å². The number of nitrogens with one attached hydrogen (secondary N) is 1. The molecular formula is C11H16ClIN2. The number of hydrogen-bond donors (Lipinski definition) is 2. The Labute approximate surface area is 110 Å². The van der Waals surface area contributed by atoms with Gasteiger partial charge < -0.3 is 0 Å². The van der Waals surface area contributed by atoms with E-state index in [2.05, 4.69) is 41.0 Å². The molecule has 0 radical (unpaired) electrons. The summed E-state index contributed by atoms with van der Waals surface area (Å²) in [5, 5.41) is 0.796. The summed E-state index contributed by atoms with van der Waals surface area (Å²) in [6, 6.07) is 6.30. The lowest BCUT2D eigenvalue weighted by molar-refractivity contribution is 0.495. The van der Waals surface area contributed by atoms with E-state index >= 15 is 0 Å². The number of nitrogens with two attached hydrogens (primary N) is 1. The molecule has 0 aliphatic carbocycles. The third kappa shape index (κ3) is 3.90. The van der Waals surface area contributed by atoms with Gasteiger partial charge in [0.15, 0.2) is 0 Å². The van der Waals surface area contributed by atoms with E-state index in [1.54, 1.807) is 0 Å². The number of halogens is 2. The summed E-state index contributed by atoms with van der Waals surface area (Å²) in [4.78, 5) is 0. The van der Waals surface area contributed by atoms with Crippen molar-refractivity contribution in [2.75, 3.05) is 0 Å². The molecule has 1 rings (SSSR count). The average Bonchev–Trinajstić information content (AvgIpc) is 2.24. The van der Waals surface area contributed by atoms with Crippen molar-refractivity contribution < 1.29 is 0 Å².